The molecule has 0 bridgehead atoms. The summed E-state index contributed by atoms with van der Waals surface area (Å²) in [6.45, 7) is 3.68. The minimum Gasteiger partial charge on any atom is -0.447 e. The molecule has 0 aromatic heterocycles. The Morgan fingerprint density at radius 2 is 2.19 bits per heavy atom. The Kier molecular flexibility index (Phi) is 3.76. The molecule has 16 heavy (non-hydrogen) atoms. The Bertz CT molecular complexity index is 365. The Morgan fingerprint density at radius 1 is 1.56 bits per heavy atom. The van der Waals surface area contributed by atoms with Crippen LogP contribution in [0.3, 0.4) is 0 Å². The number of amides is 1. The second-order valence-corrected chi connectivity index (χ2v) is 5.66. The number of nitrogens with zero attached hydrogens (tertiary/aromatic N) is 1. The second kappa shape index (κ2) is 4.56. The summed E-state index contributed by atoms with van der Waals surface area (Å²) < 4.78 is 35.9. The van der Waals surface area contributed by atoms with Gasteiger partial charge in [-0.05, 0) is 13.8 Å². The molecule has 1 aliphatic heterocycles. The monoisotopic (exact) mass is 252 g/mol. The maximum absolute atomic E-state index is 11.7. The summed E-state index contributed by atoms with van der Waals surface area (Å²) in [4.78, 5) is 11.1. The first-order chi connectivity index (χ1) is 7.28. The van der Waals surface area contributed by atoms with E-state index in [1.54, 1.807) is 13.8 Å². The molecule has 1 rings (SSSR count). The first-order valence-corrected chi connectivity index (χ1v) is 6.22. The van der Waals surface area contributed by atoms with E-state index in [-0.39, 0.29) is 19.7 Å². The van der Waals surface area contributed by atoms with Gasteiger partial charge in [0.25, 0.3) is 0 Å². The van der Waals surface area contributed by atoms with Crippen LogP contribution in [0.2, 0.25) is 0 Å². The number of hydrogen-bond donors (Lipinski definition) is 1. The molecule has 1 N–H and O–H groups in total. The summed E-state index contributed by atoms with van der Waals surface area (Å²) in [5.41, 5.74) is -0.628. The van der Waals surface area contributed by atoms with Crippen LogP contribution in [0.5, 0.6) is 0 Å². The molecule has 7 nitrogen and oxygen atoms in total. The molecule has 8 heteroatoms. The van der Waals surface area contributed by atoms with Gasteiger partial charge in [-0.3, -0.25) is 0 Å². The predicted molar refractivity (Wildman–Crippen MR) is 56.1 cm³/mol. The van der Waals surface area contributed by atoms with Crippen LogP contribution in [-0.4, -0.2) is 51.2 Å². The molecule has 0 unspecified atom stereocenters. The van der Waals surface area contributed by atoms with Crippen molar-refractivity contribution in [2.45, 2.75) is 19.4 Å². The van der Waals surface area contributed by atoms with Crippen molar-refractivity contribution in [2.75, 3.05) is 26.8 Å². The smallest absolute Gasteiger partial charge is 0.424 e. The molecule has 1 amide bonds. The lowest BCUT2D eigenvalue weighted by Crippen LogP contribution is -2.47. The summed E-state index contributed by atoms with van der Waals surface area (Å²) >= 11 is 0. The SMILES string of the molecule is COC(C)(C)CNS(=O)(=O)N1CCOC1=O. The number of carbonyl (C=O) groups is 1. The highest BCUT2D eigenvalue weighted by Crippen LogP contribution is 2.10. The van der Waals surface area contributed by atoms with Crippen molar-refractivity contribution >= 4 is 16.3 Å². The Balaban J connectivity index is 2.62. The first kappa shape index (κ1) is 13.2. The number of nitrogens with one attached hydrogen (secondary N) is 1. The van der Waals surface area contributed by atoms with Crippen LogP contribution in [-0.2, 0) is 19.7 Å². The van der Waals surface area contributed by atoms with Crippen molar-refractivity contribution < 1.29 is 22.7 Å². The van der Waals surface area contributed by atoms with Gasteiger partial charge in [-0.25, -0.2) is 4.79 Å². The molecule has 0 radical (unpaired) electrons. The quantitative estimate of drug-likeness (QED) is 0.726. The fourth-order valence-corrected chi connectivity index (χ4v) is 2.26. The van der Waals surface area contributed by atoms with Gasteiger partial charge in [0.05, 0.1) is 12.1 Å². The number of methoxy groups -OCH3 is 1. The van der Waals surface area contributed by atoms with E-state index >= 15 is 0 Å². The highest BCUT2D eigenvalue weighted by atomic mass is 32.2. The van der Waals surface area contributed by atoms with Gasteiger partial charge in [-0.2, -0.15) is 17.4 Å². The molecule has 1 saturated heterocycles. The number of cyclic esters (lactones) is 1. The lowest BCUT2D eigenvalue weighted by atomic mass is 10.1. The lowest BCUT2D eigenvalue weighted by molar-refractivity contribution is 0.0274. The van der Waals surface area contributed by atoms with Crippen LogP contribution in [0.4, 0.5) is 4.79 Å². The van der Waals surface area contributed by atoms with E-state index in [2.05, 4.69) is 9.46 Å². The maximum atomic E-state index is 11.7. The number of carbonyl (C=O) groups excluding carboxylic acids is 1. The van der Waals surface area contributed by atoms with Crippen molar-refractivity contribution in [2.24, 2.45) is 0 Å². The topological polar surface area (TPSA) is 84.9 Å². The van der Waals surface area contributed by atoms with Gasteiger partial charge in [-0.15, -0.1) is 0 Å². The van der Waals surface area contributed by atoms with Gasteiger partial charge < -0.3 is 9.47 Å². The molecule has 94 valence electrons. The Morgan fingerprint density at radius 3 is 2.62 bits per heavy atom. The standard InChI is InChI=1S/C8H16N2O5S/c1-8(2,14-3)6-9-16(12,13)10-4-5-15-7(10)11/h9H,4-6H2,1-3H3. The fourth-order valence-electron chi connectivity index (χ4n) is 1.01. The summed E-state index contributed by atoms with van der Waals surface area (Å²) in [5, 5.41) is 0. The average Bonchev–Trinajstić information content (AvgIpc) is 2.63. The third-order valence-electron chi connectivity index (χ3n) is 2.25. The zero-order chi connectivity index (χ0) is 12.4. The zero-order valence-electron chi connectivity index (χ0n) is 9.52. The Hall–Kier alpha value is -0.860. The second-order valence-electron chi connectivity index (χ2n) is 3.98. The van der Waals surface area contributed by atoms with E-state index in [1.165, 1.54) is 7.11 Å². The molecule has 1 aliphatic rings. The average molecular weight is 252 g/mol. The number of hydrogen-bond acceptors (Lipinski definition) is 5. The van der Waals surface area contributed by atoms with E-state index in [0.717, 1.165) is 0 Å². The third kappa shape index (κ3) is 3.06. The highest BCUT2D eigenvalue weighted by Gasteiger charge is 2.34. The van der Waals surface area contributed by atoms with Gasteiger partial charge in [0.1, 0.15) is 6.61 Å². The van der Waals surface area contributed by atoms with Crippen molar-refractivity contribution in [3.8, 4) is 0 Å². The first-order valence-electron chi connectivity index (χ1n) is 4.78. The fraction of sp³-hybridized carbons (Fsp3) is 0.875. The zero-order valence-corrected chi connectivity index (χ0v) is 10.3. The van der Waals surface area contributed by atoms with Crippen LogP contribution in [0, 0.1) is 0 Å². The number of ether oxygens (including phenoxy) is 2. The van der Waals surface area contributed by atoms with Gasteiger partial charge in [0.2, 0.25) is 0 Å². The summed E-state index contributed by atoms with van der Waals surface area (Å²) in [5.74, 6) is 0. The molecule has 0 aliphatic carbocycles. The maximum Gasteiger partial charge on any atom is 0.424 e. The van der Waals surface area contributed by atoms with Crippen LogP contribution in [0.1, 0.15) is 13.8 Å². The molecule has 0 saturated carbocycles. The van der Waals surface area contributed by atoms with E-state index < -0.39 is 21.9 Å². The van der Waals surface area contributed by atoms with E-state index in [9.17, 15) is 13.2 Å². The number of rotatable bonds is 5. The molecular formula is C8H16N2O5S. The Labute approximate surface area is 94.9 Å². The third-order valence-corrected chi connectivity index (χ3v) is 3.67. The van der Waals surface area contributed by atoms with Crippen LogP contribution in [0.15, 0.2) is 0 Å². The lowest BCUT2D eigenvalue weighted by Gasteiger charge is -2.24. The molecule has 1 heterocycles. The minimum absolute atomic E-state index is 0.0432. The van der Waals surface area contributed by atoms with Crippen LogP contribution in [0.25, 0.3) is 0 Å². The van der Waals surface area contributed by atoms with Gasteiger partial charge >= 0.3 is 16.3 Å². The molecule has 0 aromatic carbocycles. The largest absolute Gasteiger partial charge is 0.447 e. The van der Waals surface area contributed by atoms with E-state index in [1.807, 2.05) is 0 Å². The van der Waals surface area contributed by atoms with Crippen molar-refractivity contribution in [1.82, 2.24) is 9.03 Å². The molecule has 1 fully saturated rings. The molecule has 0 aromatic rings. The van der Waals surface area contributed by atoms with Crippen molar-refractivity contribution in [3.63, 3.8) is 0 Å². The van der Waals surface area contributed by atoms with Gasteiger partial charge in [0, 0.05) is 13.7 Å². The minimum atomic E-state index is -3.82. The van der Waals surface area contributed by atoms with Crippen LogP contribution < -0.4 is 4.72 Å². The van der Waals surface area contributed by atoms with E-state index in [4.69, 9.17) is 4.74 Å². The molecule has 0 atom stereocenters. The van der Waals surface area contributed by atoms with Crippen LogP contribution >= 0.6 is 0 Å². The van der Waals surface area contributed by atoms with E-state index in [0.29, 0.717) is 4.31 Å². The molecular weight excluding hydrogens is 236 g/mol. The normalized spacial score (nSPS) is 17.7. The summed E-state index contributed by atoms with van der Waals surface area (Å²) in [7, 11) is -2.34. The van der Waals surface area contributed by atoms with Crippen molar-refractivity contribution in [3.05, 3.63) is 0 Å². The van der Waals surface area contributed by atoms with Crippen molar-refractivity contribution in [1.29, 1.82) is 0 Å². The van der Waals surface area contributed by atoms with Gasteiger partial charge in [-0.1, -0.05) is 0 Å². The summed E-state index contributed by atoms with van der Waals surface area (Å²) in [6, 6.07) is 0. The van der Waals surface area contributed by atoms with Gasteiger partial charge in [0.15, 0.2) is 0 Å². The summed E-state index contributed by atoms with van der Waals surface area (Å²) in [6.07, 6.45) is -0.845. The predicted octanol–water partition coefficient (Wildman–Crippen LogP) is -0.302. The highest BCUT2D eigenvalue weighted by molar-refractivity contribution is 7.87. The molecule has 0 spiro atoms.